The summed E-state index contributed by atoms with van der Waals surface area (Å²) in [5.74, 6) is 0.277. The molecular weight excluding hydrogens is 364 g/mol. The van der Waals surface area contributed by atoms with Crippen LogP contribution in [0.3, 0.4) is 0 Å². The van der Waals surface area contributed by atoms with Crippen molar-refractivity contribution in [3.8, 4) is 0 Å². The van der Waals surface area contributed by atoms with Crippen molar-refractivity contribution >= 4 is 22.6 Å². The Labute approximate surface area is 171 Å². The molecule has 0 unspecified atom stereocenters. The SMILES string of the molecule is CCC(=O)CCCCC[C@@H](C(=O)NCc1cnc2ccccc2c1)n1ccnc1. The Balaban J connectivity index is 1.55. The molecule has 2 heterocycles. The molecule has 0 aliphatic rings. The van der Waals surface area contributed by atoms with E-state index in [0.717, 1.165) is 42.1 Å². The minimum atomic E-state index is -0.298. The van der Waals surface area contributed by atoms with Crippen molar-refractivity contribution < 1.29 is 9.59 Å². The molecule has 152 valence electrons. The van der Waals surface area contributed by atoms with Gasteiger partial charge in [-0.2, -0.15) is 0 Å². The van der Waals surface area contributed by atoms with E-state index in [-0.39, 0.29) is 11.9 Å². The average Bonchev–Trinajstić information content (AvgIpc) is 3.28. The van der Waals surface area contributed by atoms with Crippen LogP contribution >= 0.6 is 0 Å². The van der Waals surface area contributed by atoms with Crippen LogP contribution in [0.2, 0.25) is 0 Å². The molecule has 6 heteroatoms. The third-order valence-corrected chi connectivity index (χ3v) is 5.13. The molecule has 0 spiro atoms. The van der Waals surface area contributed by atoms with Crippen LogP contribution in [-0.2, 0) is 16.1 Å². The lowest BCUT2D eigenvalue weighted by molar-refractivity contribution is -0.124. The quantitative estimate of drug-likeness (QED) is 0.496. The van der Waals surface area contributed by atoms with Crippen LogP contribution in [0.5, 0.6) is 0 Å². The van der Waals surface area contributed by atoms with Crippen molar-refractivity contribution in [1.82, 2.24) is 19.9 Å². The first-order chi connectivity index (χ1) is 14.2. The van der Waals surface area contributed by atoms with Gasteiger partial charge in [-0.05, 0) is 30.5 Å². The highest BCUT2D eigenvalue weighted by Gasteiger charge is 2.19. The van der Waals surface area contributed by atoms with Gasteiger partial charge in [0.05, 0.1) is 11.8 Å². The Morgan fingerprint density at radius 1 is 1.17 bits per heavy atom. The predicted octanol–water partition coefficient (Wildman–Crippen LogP) is 4.22. The maximum atomic E-state index is 12.9. The van der Waals surface area contributed by atoms with E-state index in [1.165, 1.54) is 0 Å². The van der Waals surface area contributed by atoms with Gasteiger partial charge in [-0.3, -0.25) is 14.6 Å². The fraction of sp³-hybridized carbons (Fsp3) is 0.391. The van der Waals surface area contributed by atoms with Gasteiger partial charge < -0.3 is 9.88 Å². The van der Waals surface area contributed by atoms with Crippen molar-refractivity contribution in [2.75, 3.05) is 0 Å². The zero-order valence-corrected chi connectivity index (χ0v) is 16.9. The number of aromatic nitrogens is 3. The molecule has 0 radical (unpaired) electrons. The predicted molar refractivity (Wildman–Crippen MR) is 113 cm³/mol. The second-order valence-corrected chi connectivity index (χ2v) is 7.27. The lowest BCUT2D eigenvalue weighted by Crippen LogP contribution is -2.32. The number of nitrogens with one attached hydrogen (secondary N) is 1. The van der Waals surface area contributed by atoms with Gasteiger partial charge in [0.25, 0.3) is 0 Å². The number of fused-ring (bicyclic) bond motifs is 1. The molecule has 29 heavy (non-hydrogen) atoms. The van der Waals surface area contributed by atoms with Gasteiger partial charge in [-0.15, -0.1) is 0 Å². The van der Waals surface area contributed by atoms with Gasteiger partial charge >= 0.3 is 0 Å². The van der Waals surface area contributed by atoms with Crippen molar-refractivity contribution in [1.29, 1.82) is 0 Å². The number of hydrogen-bond donors (Lipinski definition) is 1. The molecule has 2 aromatic heterocycles. The van der Waals surface area contributed by atoms with E-state index in [2.05, 4.69) is 21.4 Å². The van der Waals surface area contributed by atoms with E-state index in [4.69, 9.17) is 0 Å². The van der Waals surface area contributed by atoms with Gasteiger partial charge in [0.1, 0.15) is 11.8 Å². The summed E-state index contributed by atoms with van der Waals surface area (Å²) in [6.07, 6.45) is 11.7. The van der Waals surface area contributed by atoms with Gasteiger partial charge in [0.15, 0.2) is 0 Å². The van der Waals surface area contributed by atoms with Crippen LogP contribution in [0.1, 0.15) is 57.1 Å². The Bertz CT molecular complexity index is 937. The zero-order valence-electron chi connectivity index (χ0n) is 16.9. The molecule has 1 atom stereocenters. The van der Waals surface area contributed by atoms with Gasteiger partial charge in [-0.1, -0.05) is 38.0 Å². The number of Topliss-reactive ketones (excluding diaryl/α,β-unsaturated/α-hetero) is 1. The third kappa shape index (κ3) is 5.98. The van der Waals surface area contributed by atoms with Crippen molar-refractivity contribution in [2.24, 2.45) is 0 Å². The van der Waals surface area contributed by atoms with Crippen LogP contribution in [-0.4, -0.2) is 26.2 Å². The normalized spacial score (nSPS) is 12.0. The molecule has 6 nitrogen and oxygen atoms in total. The molecule has 3 aromatic rings. The molecule has 0 fully saturated rings. The molecule has 3 rings (SSSR count). The first kappa shape index (κ1) is 20.7. The second-order valence-electron chi connectivity index (χ2n) is 7.27. The minimum Gasteiger partial charge on any atom is -0.350 e. The van der Waals surface area contributed by atoms with E-state index >= 15 is 0 Å². The molecule has 0 aliphatic heterocycles. The lowest BCUT2D eigenvalue weighted by Gasteiger charge is -2.18. The number of para-hydroxylation sites is 1. The van der Waals surface area contributed by atoms with Gasteiger partial charge in [-0.25, -0.2) is 4.98 Å². The highest BCUT2D eigenvalue weighted by molar-refractivity contribution is 5.81. The molecule has 1 amide bonds. The number of carbonyl (C=O) groups is 2. The monoisotopic (exact) mass is 392 g/mol. The fourth-order valence-electron chi connectivity index (χ4n) is 3.40. The summed E-state index contributed by atoms with van der Waals surface area (Å²) in [4.78, 5) is 32.8. The number of benzene rings is 1. The second kappa shape index (κ2) is 10.5. The number of hydrogen-bond acceptors (Lipinski definition) is 4. The van der Waals surface area contributed by atoms with Crippen LogP contribution in [0.4, 0.5) is 0 Å². The molecule has 0 bridgehead atoms. The maximum Gasteiger partial charge on any atom is 0.243 e. The van der Waals surface area contributed by atoms with Crippen LogP contribution < -0.4 is 5.32 Å². The smallest absolute Gasteiger partial charge is 0.243 e. The summed E-state index contributed by atoms with van der Waals surface area (Å²) < 4.78 is 1.85. The Hall–Kier alpha value is -3.02. The summed E-state index contributed by atoms with van der Waals surface area (Å²) in [6, 6.07) is 9.69. The molecular formula is C23H28N4O2. The van der Waals surface area contributed by atoms with Crippen LogP contribution in [0.25, 0.3) is 10.9 Å². The number of nitrogens with zero attached hydrogens (tertiary/aromatic N) is 3. The Morgan fingerprint density at radius 3 is 2.83 bits per heavy atom. The molecule has 0 aliphatic carbocycles. The highest BCUT2D eigenvalue weighted by Crippen LogP contribution is 2.18. The zero-order chi connectivity index (χ0) is 20.5. The number of imidazole rings is 1. The van der Waals surface area contributed by atoms with Gasteiger partial charge in [0, 0.05) is 43.4 Å². The number of amides is 1. The van der Waals surface area contributed by atoms with E-state index in [0.29, 0.717) is 25.2 Å². The molecule has 0 saturated heterocycles. The number of pyridine rings is 1. The summed E-state index contributed by atoms with van der Waals surface area (Å²) in [5.41, 5.74) is 1.92. The number of rotatable bonds is 11. The third-order valence-electron chi connectivity index (χ3n) is 5.13. The first-order valence-corrected chi connectivity index (χ1v) is 10.3. The van der Waals surface area contributed by atoms with E-state index in [1.54, 1.807) is 18.7 Å². The summed E-state index contributed by atoms with van der Waals surface area (Å²) in [5, 5.41) is 4.10. The number of carbonyl (C=O) groups excluding carboxylic acids is 2. The lowest BCUT2D eigenvalue weighted by atomic mass is 10.0. The highest BCUT2D eigenvalue weighted by atomic mass is 16.2. The summed E-state index contributed by atoms with van der Waals surface area (Å²) >= 11 is 0. The first-order valence-electron chi connectivity index (χ1n) is 10.3. The van der Waals surface area contributed by atoms with Gasteiger partial charge in [0.2, 0.25) is 5.91 Å². The minimum absolute atomic E-state index is 0.0270. The van der Waals surface area contributed by atoms with Crippen molar-refractivity contribution in [3.05, 3.63) is 60.8 Å². The van der Waals surface area contributed by atoms with E-state index in [1.807, 2.05) is 42.0 Å². The van der Waals surface area contributed by atoms with E-state index < -0.39 is 0 Å². The standard InChI is InChI=1S/C23H28N4O2/c1-2-20(28)9-4-3-5-11-22(27-13-12-24-17-27)23(29)26-16-18-14-19-8-6-7-10-21(19)25-15-18/h6-8,10,12-15,17,22H,2-5,9,11,16H2,1H3,(H,26,29)/t22-/m0/s1. The van der Waals surface area contributed by atoms with Crippen molar-refractivity contribution in [3.63, 3.8) is 0 Å². The number of unbranched alkanes of at least 4 members (excludes halogenated alkanes) is 2. The molecule has 1 N–H and O–H groups in total. The molecule has 0 saturated carbocycles. The Morgan fingerprint density at radius 2 is 2.03 bits per heavy atom. The Kier molecular flexibility index (Phi) is 7.50. The largest absolute Gasteiger partial charge is 0.350 e. The van der Waals surface area contributed by atoms with E-state index in [9.17, 15) is 9.59 Å². The summed E-state index contributed by atoms with van der Waals surface area (Å²) in [7, 11) is 0. The van der Waals surface area contributed by atoms with Crippen LogP contribution in [0.15, 0.2) is 55.2 Å². The average molecular weight is 393 g/mol. The van der Waals surface area contributed by atoms with Crippen LogP contribution in [0, 0.1) is 0 Å². The number of ketones is 1. The van der Waals surface area contributed by atoms with Crippen molar-refractivity contribution in [2.45, 2.75) is 58.0 Å². The summed E-state index contributed by atoms with van der Waals surface area (Å²) in [6.45, 7) is 2.33. The fourth-order valence-corrected chi connectivity index (χ4v) is 3.40. The topological polar surface area (TPSA) is 76.9 Å². The maximum absolute atomic E-state index is 12.9. The molecule has 1 aromatic carbocycles.